The average molecular weight is 226 g/mol. The number of nitrogens with one attached hydrogen (secondary N) is 1. The van der Waals surface area contributed by atoms with Crippen LogP contribution in [0.15, 0.2) is 12.1 Å². The minimum atomic E-state index is -1.64. The summed E-state index contributed by atoms with van der Waals surface area (Å²) in [5, 5.41) is 21.5. The molecule has 2 aromatic rings. The first-order valence-corrected chi connectivity index (χ1v) is 5.08. The Balaban J connectivity index is 2.74. The number of aromatic nitrogens is 1. The molecule has 1 heterocycles. The zero-order valence-corrected chi connectivity index (χ0v) is 8.68. The van der Waals surface area contributed by atoms with Gasteiger partial charge in [-0.15, -0.1) is 0 Å². The fraction of sp³-hybridized carbons (Fsp3) is 0.125. The van der Waals surface area contributed by atoms with E-state index in [9.17, 15) is 4.39 Å². The molecule has 1 aromatic heterocycles. The molecule has 0 saturated carbocycles. The molecule has 0 bridgehead atoms. The number of anilines is 1. The Bertz CT molecular complexity index is 503. The molecule has 3 N–H and O–H groups in total. The number of benzene rings is 1. The first-order chi connectivity index (χ1) is 7.13. The Morgan fingerprint density at radius 2 is 2.20 bits per heavy atom. The van der Waals surface area contributed by atoms with Gasteiger partial charge in [0.25, 0.3) is 0 Å². The van der Waals surface area contributed by atoms with Gasteiger partial charge in [0.2, 0.25) is 0 Å². The van der Waals surface area contributed by atoms with Crippen molar-refractivity contribution in [3.63, 3.8) is 0 Å². The van der Waals surface area contributed by atoms with E-state index in [0.717, 1.165) is 11.3 Å². The van der Waals surface area contributed by atoms with Gasteiger partial charge in [-0.25, -0.2) is 9.37 Å². The van der Waals surface area contributed by atoms with Gasteiger partial charge in [0.15, 0.2) is 5.13 Å². The molecule has 0 aliphatic heterocycles. The number of hydrogen-bond acceptors (Lipinski definition) is 5. The number of fused-ring (bicyclic) bond motifs is 1. The number of thiazole rings is 1. The lowest BCUT2D eigenvalue weighted by Crippen LogP contribution is -2.30. The summed E-state index contributed by atoms with van der Waals surface area (Å²) in [5.41, 5.74) is 0.503. The average Bonchev–Trinajstić information content (AvgIpc) is 2.62. The maximum Gasteiger partial charge on any atom is 0.490 e. The molecule has 0 unspecified atom stereocenters. The molecule has 0 amide bonds. The molecule has 1 aromatic carbocycles. The van der Waals surface area contributed by atoms with E-state index in [1.165, 1.54) is 12.1 Å². The van der Waals surface area contributed by atoms with Gasteiger partial charge < -0.3 is 15.4 Å². The monoisotopic (exact) mass is 226 g/mol. The third-order valence-electron chi connectivity index (χ3n) is 2.02. The van der Waals surface area contributed by atoms with Crippen molar-refractivity contribution in [2.75, 3.05) is 12.4 Å². The van der Waals surface area contributed by atoms with Gasteiger partial charge in [-0.05, 0) is 6.07 Å². The molecule has 2 rings (SSSR count). The molecular formula is C8H8BFN2O2S. The first-order valence-electron chi connectivity index (χ1n) is 4.26. The van der Waals surface area contributed by atoms with Crippen LogP contribution in [-0.2, 0) is 0 Å². The van der Waals surface area contributed by atoms with Gasteiger partial charge in [-0.1, -0.05) is 17.4 Å². The summed E-state index contributed by atoms with van der Waals surface area (Å²) in [7, 11) is 0.0323. The summed E-state index contributed by atoms with van der Waals surface area (Å²) in [6.07, 6.45) is 0. The van der Waals surface area contributed by atoms with Crippen LogP contribution in [0.5, 0.6) is 0 Å². The fourth-order valence-corrected chi connectivity index (χ4v) is 2.17. The van der Waals surface area contributed by atoms with Crippen LogP contribution in [0.25, 0.3) is 10.2 Å². The molecule has 4 nitrogen and oxygen atoms in total. The Kier molecular flexibility index (Phi) is 2.60. The summed E-state index contributed by atoms with van der Waals surface area (Å²) < 4.78 is 13.7. The van der Waals surface area contributed by atoms with Crippen LogP contribution in [0.2, 0.25) is 0 Å². The van der Waals surface area contributed by atoms with E-state index in [4.69, 9.17) is 10.0 Å². The van der Waals surface area contributed by atoms with Gasteiger partial charge in [0.1, 0.15) is 5.82 Å². The maximum absolute atomic E-state index is 13.4. The maximum atomic E-state index is 13.4. The predicted octanol–water partition coefficient (Wildman–Crippen LogP) is 0.157. The van der Waals surface area contributed by atoms with Crippen LogP contribution in [0.1, 0.15) is 0 Å². The zero-order chi connectivity index (χ0) is 11.0. The van der Waals surface area contributed by atoms with Crippen LogP contribution in [0.4, 0.5) is 9.52 Å². The fourth-order valence-electron chi connectivity index (χ4n) is 1.31. The van der Waals surface area contributed by atoms with Gasteiger partial charge >= 0.3 is 7.12 Å². The molecule has 7 heteroatoms. The van der Waals surface area contributed by atoms with E-state index in [0.29, 0.717) is 15.3 Å². The highest BCUT2D eigenvalue weighted by Gasteiger charge is 2.19. The third-order valence-corrected chi connectivity index (χ3v) is 3.10. The SMILES string of the molecule is CNc1nc2c(B(O)O)ccc(F)c2s1. The van der Waals surface area contributed by atoms with Gasteiger partial charge in [0, 0.05) is 12.5 Å². The number of rotatable bonds is 2. The van der Waals surface area contributed by atoms with Crippen molar-refractivity contribution in [2.24, 2.45) is 0 Å². The number of hydrogen-bond donors (Lipinski definition) is 3. The summed E-state index contributed by atoms with van der Waals surface area (Å²) in [6, 6.07) is 2.52. The Morgan fingerprint density at radius 3 is 2.80 bits per heavy atom. The summed E-state index contributed by atoms with van der Waals surface area (Å²) >= 11 is 1.14. The minimum absolute atomic E-state index is 0.212. The van der Waals surface area contributed by atoms with Crippen LogP contribution >= 0.6 is 11.3 Å². The van der Waals surface area contributed by atoms with Crippen molar-refractivity contribution in [1.29, 1.82) is 0 Å². The first kappa shape index (κ1) is 10.3. The van der Waals surface area contributed by atoms with Crippen LogP contribution in [0.3, 0.4) is 0 Å². The second-order valence-electron chi connectivity index (χ2n) is 2.96. The molecule has 0 aliphatic rings. The van der Waals surface area contributed by atoms with E-state index in [1.54, 1.807) is 7.05 Å². The summed E-state index contributed by atoms with van der Waals surface area (Å²) in [6.45, 7) is 0. The highest BCUT2D eigenvalue weighted by Crippen LogP contribution is 2.26. The molecule has 0 spiro atoms. The zero-order valence-electron chi connectivity index (χ0n) is 7.86. The van der Waals surface area contributed by atoms with E-state index in [1.807, 2.05) is 0 Å². The van der Waals surface area contributed by atoms with E-state index in [2.05, 4.69) is 10.3 Å². The molecule has 78 valence electrons. The highest BCUT2D eigenvalue weighted by atomic mass is 32.1. The van der Waals surface area contributed by atoms with Gasteiger partial charge in [-0.3, -0.25) is 0 Å². The molecule has 0 aliphatic carbocycles. The van der Waals surface area contributed by atoms with E-state index < -0.39 is 12.9 Å². The summed E-state index contributed by atoms with van der Waals surface area (Å²) in [4.78, 5) is 4.06. The Morgan fingerprint density at radius 1 is 1.47 bits per heavy atom. The highest BCUT2D eigenvalue weighted by molar-refractivity contribution is 7.22. The standard InChI is InChI=1S/C8H8BFN2O2S/c1-11-8-12-6-4(9(13)14)2-3-5(10)7(6)15-8/h2-3,13-14H,1H3,(H,11,12). The Hall–Kier alpha value is -1.18. The third kappa shape index (κ3) is 1.69. The normalized spacial score (nSPS) is 10.7. The van der Waals surface area contributed by atoms with Gasteiger partial charge in [-0.2, -0.15) is 0 Å². The molecule has 0 fully saturated rings. The number of halogens is 1. The molecule has 0 radical (unpaired) electrons. The van der Waals surface area contributed by atoms with Gasteiger partial charge in [0.05, 0.1) is 10.2 Å². The van der Waals surface area contributed by atoms with Crippen LogP contribution < -0.4 is 10.8 Å². The summed E-state index contributed by atoms with van der Waals surface area (Å²) in [5.74, 6) is -0.409. The van der Waals surface area contributed by atoms with Crippen LogP contribution in [-0.4, -0.2) is 29.2 Å². The lowest BCUT2D eigenvalue weighted by Gasteiger charge is -1.99. The second-order valence-corrected chi connectivity index (χ2v) is 3.96. The van der Waals surface area contributed by atoms with E-state index >= 15 is 0 Å². The minimum Gasteiger partial charge on any atom is -0.423 e. The van der Waals surface area contributed by atoms with Crippen molar-refractivity contribution < 1.29 is 14.4 Å². The lowest BCUT2D eigenvalue weighted by atomic mass is 9.79. The van der Waals surface area contributed by atoms with Crippen molar-refractivity contribution in [2.45, 2.75) is 0 Å². The molecular weight excluding hydrogens is 218 g/mol. The molecule has 0 atom stereocenters. The lowest BCUT2D eigenvalue weighted by molar-refractivity contribution is 0.426. The Labute approximate surface area is 89.5 Å². The number of nitrogens with zero attached hydrogens (tertiary/aromatic N) is 1. The van der Waals surface area contributed by atoms with Crippen molar-refractivity contribution in [1.82, 2.24) is 4.98 Å². The quantitative estimate of drug-likeness (QED) is 0.638. The van der Waals surface area contributed by atoms with Crippen LogP contribution in [0, 0.1) is 5.82 Å². The van der Waals surface area contributed by atoms with Crippen molar-refractivity contribution >= 4 is 39.3 Å². The smallest absolute Gasteiger partial charge is 0.423 e. The second kappa shape index (κ2) is 3.76. The predicted molar refractivity (Wildman–Crippen MR) is 59.0 cm³/mol. The molecule has 0 saturated heterocycles. The topological polar surface area (TPSA) is 65.4 Å². The largest absolute Gasteiger partial charge is 0.490 e. The van der Waals surface area contributed by atoms with Crippen molar-refractivity contribution in [3.05, 3.63) is 17.9 Å². The molecule has 15 heavy (non-hydrogen) atoms. The van der Waals surface area contributed by atoms with E-state index in [-0.39, 0.29) is 5.46 Å². The van der Waals surface area contributed by atoms with Crippen molar-refractivity contribution in [3.8, 4) is 0 Å².